The summed E-state index contributed by atoms with van der Waals surface area (Å²) in [5.74, 6) is -0.296. The number of hydrogen-bond acceptors (Lipinski definition) is 6. The van der Waals surface area contributed by atoms with Gasteiger partial charge in [0, 0.05) is 6.07 Å². The molecule has 0 bridgehead atoms. The van der Waals surface area contributed by atoms with Gasteiger partial charge in [-0.05, 0) is 5.38 Å². The zero-order valence-corrected chi connectivity index (χ0v) is 8.89. The number of carbonyl (C=O) groups excluding carboxylic acids is 1. The maximum Gasteiger partial charge on any atom is 0.316 e. The third-order valence-electron chi connectivity index (χ3n) is 1.36. The number of nitrogens with zero attached hydrogens (tertiary/aromatic N) is 1. The highest BCUT2D eigenvalue weighted by molar-refractivity contribution is 8.01. The summed E-state index contributed by atoms with van der Waals surface area (Å²) in [5.41, 5.74) is 0.0453. The second kappa shape index (κ2) is 4.97. The maximum atomic E-state index is 10.8. The maximum absolute atomic E-state index is 10.8. The smallest absolute Gasteiger partial charge is 0.316 e. The zero-order chi connectivity index (χ0) is 10.6. The molecule has 0 atom stereocenters. The van der Waals surface area contributed by atoms with Crippen molar-refractivity contribution in [2.45, 2.75) is 4.21 Å². The van der Waals surface area contributed by atoms with Crippen LogP contribution in [0.2, 0.25) is 0 Å². The first-order valence-electron chi connectivity index (χ1n) is 3.56. The lowest BCUT2D eigenvalue weighted by Gasteiger charge is -1.96. The highest BCUT2D eigenvalue weighted by Gasteiger charge is 2.16. The van der Waals surface area contributed by atoms with E-state index in [2.05, 4.69) is 4.74 Å². The quantitative estimate of drug-likeness (QED) is 0.344. The minimum Gasteiger partial charge on any atom is -0.468 e. The van der Waals surface area contributed by atoms with Crippen LogP contribution < -0.4 is 0 Å². The van der Waals surface area contributed by atoms with Gasteiger partial charge in [0.1, 0.15) is 4.21 Å². The molecule has 5 nitrogen and oxygen atoms in total. The van der Waals surface area contributed by atoms with Crippen molar-refractivity contribution < 1.29 is 14.5 Å². The van der Waals surface area contributed by atoms with E-state index in [1.54, 1.807) is 5.38 Å². The van der Waals surface area contributed by atoms with Crippen molar-refractivity contribution in [3.8, 4) is 0 Å². The first-order chi connectivity index (χ1) is 6.65. The molecule has 7 heteroatoms. The van der Waals surface area contributed by atoms with Crippen molar-refractivity contribution in [1.29, 1.82) is 0 Å². The Kier molecular flexibility index (Phi) is 3.90. The molecule has 1 aromatic rings. The van der Waals surface area contributed by atoms with Crippen LogP contribution in [0.4, 0.5) is 5.69 Å². The predicted molar refractivity (Wildman–Crippen MR) is 53.7 cm³/mol. The second-order valence-corrected chi connectivity index (χ2v) is 4.38. The highest BCUT2D eigenvalue weighted by Crippen LogP contribution is 2.34. The predicted octanol–water partition coefficient (Wildman–Crippen LogP) is 1.92. The van der Waals surface area contributed by atoms with E-state index in [0.29, 0.717) is 4.21 Å². The van der Waals surface area contributed by atoms with Crippen LogP contribution in [0.3, 0.4) is 0 Å². The van der Waals surface area contributed by atoms with Crippen molar-refractivity contribution in [3.05, 3.63) is 21.6 Å². The Labute approximate surface area is 88.2 Å². The van der Waals surface area contributed by atoms with E-state index in [9.17, 15) is 14.9 Å². The number of carbonyl (C=O) groups is 1. The van der Waals surface area contributed by atoms with E-state index in [0.717, 1.165) is 11.8 Å². The molecule has 1 rings (SSSR count). The van der Waals surface area contributed by atoms with Gasteiger partial charge in [-0.1, -0.05) is 11.8 Å². The minimum atomic E-state index is -0.462. The van der Waals surface area contributed by atoms with Gasteiger partial charge in [-0.2, -0.15) is 0 Å². The number of nitro groups is 1. The molecular formula is C7H7NO4S2. The second-order valence-electron chi connectivity index (χ2n) is 2.22. The summed E-state index contributed by atoms with van der Waals surface area (Å²) in [7, 11) is 1.28. The summed E-state index contributed by atoms with van der Waals surface area (Å²) >= 11 is 2.36. The van der Waals surface area contributed by atoms with Gasteiger partial charge in [0.15, 0.2) is 0 Å². The molecule has 14 heavy (non-hydrogen) atoms. The standard InChI is InChI=1S/C7H7NO4S2/c1-12-6(9)4-14-7-5(8(10)11)2-3-13-7/h2-3H,4H2,1H3. The average molecular weight is 233 g/mol. The van der Waals surface area contributed by atoms with Gasteiger partial charge >= 0.3 is 5.97 Å². The van der Waals surface area contributed by atoms with Crippen LogP contribution >= 0.6 is 23.1 Å². The largest absolute Gasteiger partial charge is 0.468 e. The van der Waals surface area contributed by atoms with Gasteiger partial charge in [0.05, 0.1) is 17.8 Å². The average Bonchev–Trinajstić information content (AvgIpc) is 2.62. The first kappa shape index (κ1) is 11.0. The van der Waals surface area contributed by atoms with Crippen molar-refractivity contribution in [1.82, 2.24) is 0 Å². The zero-order valence-electron chi connectivity index (χ0n) is 7.26. The van der Waals surface area contributed by atoms with Gasteiger partial charge in [0.2, 0.25) is 0 Å². The molecule has 0 aromatic carbocycles. The fraction of sp³-hybridized carbons (Fsp3) is 0.286. The highest BCUT2D eigenvalue weighted by atomic mass is 32.2. The molecule has 0 fully saturated rings. The lowest BCUT2D eigenvalue weighted by Crippen LogP contribution is -2.02. The normalized spacial score (nSPS) is 9.79. The SMILES string of the molecule is COC(=O)CSc1sccc1[N+](=O)[O-]. The monoisotopic (exact) mass is 233 g/mol. The van der Waals surface area contributed by atoms with Crippen molar-refractivity contribution in [3.63, 3.8) is 0 Å². The number of esters is 1. The molecule has 0 radical (unpaired) electrons. The summed E-state index contributed by atoms with van der Waals surface area (Å²) in [6, 6.07) is 1.42. The van der Waals surface area contributed by atoms with Crippen molar-refractivity contribution >= 4 is 34.8 Å². The van der Waals surface area contributed by atoms with Gasteiger partial charge in [-0.15, -0.1) is 11.3 Å². The van der Waals surface area contributed by atoms with E-state index in [4.69, 9.17) is 0 Å². The lowest BCUT2D eigenvalue weighted by atomic mass is 10.6. The number of thiophene rings is 1. The third kappa shape index (κ3) is 2.71. The van der Waals surface area contributed by atoms with Gasteiger partial charge in [0.25, 0.3) is 5.69 Å². The molecule has 0 saturated carbocycles. The molecule has 0 aliphatic heterocycles. The lowest BCUT2D eigenvalue weighted by molar-refractivity contribution is -0.387. The molecule has 0 unspecified atom stereocenters. The van der Waals surface area contributed by atoms with Gasteiger partial charge in [-0.25, -0.2) is 0 Å². The summed E-state index contributed by atoms with van der Waals surface area (Å²) in [6.45, 7) is 0. The molecule has 0 aliphatic rings. The first-order valence-corrected chi connectivity index (χ1v) is 5.43. The van der Waals surface area contributed by atoms with E-state index in [1.807, 2.05) is 0 Å². The van der Waals surface area contributed by atoms with E-state index in [-0.39, 0.29) is 11.4 Å². The fourth-order valence-electron chi connectivity index (χ4n) is 0.715. The number of rotatable bonds is 4. The fourth-order valence-corrected chi connectivity index (χ4v) is 2.57. The molecule has 1 aromatic heterocycles. The van der Waals surface area contributed by atoms with Crippen molar-refractivity contribution in [2.24, 2.45) is 0 Å². The van der Waals surface area contributed by atoms with E-state index < -0.39 is 10.9 Å². The van der Waals surface area contributed by atoms with Crippen LogP contribution in [-0.2, 0) is 9.53 Å². The van der Waals surface area contributed by atoms with Crippen LogP contribution in [0.5, 0.6) is 0 Å². The van der Waals surface area contributed by atoms with Crippen LogP contribution in [0, 0.1) is 10.1 Å². The molecule has 76 valence electrons. The topological polar surface area (TPSA) is 69.4 Å². The van der Waals surface area contributed by atoms with Crippen LogP contribution in [0.25, 0.3) is 0 Å². The summed E-state index contributed by atoms with van der Waals surface area (Å²) in [6.07, 6.45) is 0. The Morgan fingerprint density at radius 1 is 1.79 bits per heavy atom. The molecule has 0 saturated heterocycles. The summed E-state index contributed by atoms with van der Waals surface area (Å²) in [4.78, 5) is 20.8. The molecule has 0 amide bonds. The van der Waals surface area contributed by atoms with Gasteiger partial charge in [-0.3, -0.25) is 14.9 Å². The van der Waals surface area contributed by atoms with Crippen LogP contribution in [-0.4, -0.2) is 23.8 Å². The Balaban J connectivity index is 2.63. The summed E-state index contributed by atoms with van der Waals surface area (Å²) < 4.78 is 4.95. The third-order valence-corrected chi connectivity index (χ3v) is 3.54. The Morgan fingerprint density at radius 2 is 2.50 bits per heavy atom. The molecular weight excluding hydrogens is 226 g/mol. The van der Waals surface area contributed by atoms with E-state index in [1.165, 1.54) is 24.5 Å². The van der Waals surface area contributed by atoms with Crippen LogP contribution in [0.1, 0.15) is 0 Å². The summed E-state index contributed by atoms with van der Waals surface area (Å²) in [5, 5.41) is 12.1. The molecule has 1 heterocycles. The number of methoxy groups -OCH3 is 1. The molecule has 0 N–H and O–H groups in total. The Hall–Kier alpha value is -1.08. The van der Waals surface area contributed by atoms with Gasteiger partial charge < -0.3 is 4.74 Å². The molecule has 0 spiro atoms. The van der Waals surface area contributed by atoms with Crippen molar-refractivity contribution in [2.75, 3.05) is 12.9 Å². The number of ether oxygens (including phenoxy) is 1. The minimum absolute atomic E-state index is 0.0453. The number of thioether (sulfide) groups is 1. The van der Waals surface area contributed by atoms with E-state index >= 15 is 0 Å². The number of hydrogen-bond donors (Lipinski definition) is 0. The Morgan fingerprint density at radius 3 is 3.07 bits per heavy atom. The Bertz CT molecular complexity index is 349. The van der Waals surface area contributed by atoms with Crippen LogP contribution in [0.15, 0.2) is 15.7 Å². The molecule has 0 aliphatic carbocycles.